The summed E-state index contributed by atoms with van der Waals surface area (Å²) in [6.07, 6.45) is 0. The molecule has 0 aromatic heterocycles. The van der Waals surface area contributed by atoms with Crippen molar-refractivity contribution in [2.24, 2.45) is 0 Å². The maximum atomic E-state index is 2.35. The van der Waals surface area contributed by atoms with E-state index in [0.29, 0.717) is 0 Å². The minimum absolute atomic E-state index is 0.552. The smallest absolute Gasteiger partial charge is 0.0701 e. The lowest BCUT2D eigenvalue weighted by Gasteiger charge is -2.37. The Morgan fingerprint density at radius 3 is 1.21 bits per heavy atom. The number of para-hydroxylation sites is 2. The molecule has 0 atom stereocenters. The van der Waals surface area contributed by atoms with Gasteiger partial charge in [0.25, 0.3) is 0 Å². The zero-order valence-electron chi connectivity index (χ0n) is 28.8. The molecule has 0 unspecified atom stereocenters. The van der Waals surface area contributed by atoms with E-state index in [1.165, 1.54) is 54.9 Å². The maximum Gasteiger partial charge on any atom is 0.0701 e. The van der Waals surface area contributed by atoms with Crippen LogP contribution in [-0.4, -0.2) is 0 Å². The lowest BCUT2D eigenvalue weighted by Crippen LogP contribution is -2.31. The molecule has 0 amide bonds. The van der Waals surface area contributed by atoms with E-state index in [2.05, 4.69) is 229 Å². The minimum atomic E-state index is -0.552. The van der Waals surface area contributed by atoms with Crippen LogP contribution in [0.1, 0.15) is 22.3 Å². The van der Waals surface area contributed by atoms with Gasteiger partial charge in [-0.1, -0.05) is 182 Å². The Kier molecular flexibility index (Phi) is 8.15. The third-order valence-corrected chi connectivity index (χ3v) is 10.4. The second-order valence-electron chi connectivity index (χ2n) is 13.3. The minimum Gasteiger partial charge on any atom is -0.311 e. The molecule has 1 nitrogen and oxygen atoms in total. The third-order valence-electron chi connectivity index (χ3n) is 10.4. The first kappa shape index (κ1) is 31.3. The van der Waals surface area contributed by atoms with Gasteiger partial charge in [0.15, 0.2) is 0 Å². The molecule has 0 saturated heterocycles. The molecule has 0 aliphatic carbocycles. The highest BCUT2D eigenvalue weighted by atomic mass is 15.1. The normalized spacial score (nSPS) is 11.5. The number of rotatable bonds is 8. The van der Waals surface area contributed by atoms with E-state index in [-0.39, 0.29) is 0 Å². The standard InChI is InChI=1S/C51H37N/c1-5-16-42(17-6-1)51(43-18-7-2-8-19-43,45-33-35-48(36-34-45)52(46-20-9-3-10-21-46)47-22-11-4-12-23-47)44-31-29-38(30-32-44)41-28-27-40-26-25-39-15-13-14-24-49(39)50(40)37-41/h1-37H. The fraction of sp³-hybridized carbons (Fsp3) is 0.0196. The van der Waals surface area contributed by atoms with Gasteiger partial charge in [0.05, 0.1) is 5.41 Å². The van der Waals surface area contributed by atoms with Crippen molar-refractivity contribution in [1.82, 2.24) is 0 Å². The van der Waals surface area contributed by atoms with Gasteiger partial charge in [0, 0.05) is 17.1 Å². The number of benzene rings is 9. The van der Waals surface area contributed by atoms with Crippen LogP contribution >= 0.6 is 0 Å². The molecular formula is C51H37N. The van der Waals surface area contributed by atoms with E-state index in [1.54, 1.807) is 0 Å². The molecule has 0 N–H and O–H groups in total. The van der Waals surface area contributed by atoms with Gasteiger partial charge in [-0.05, 0) is 97.4 Å². The van der Waals surface area contributed by atoms with Crippen molar-refractivity contribution in [2.75, 3.05) is 4.90 Å². The van der Waals surface area contributed by atoms with Crippen LogP contribution in [0.2, 0.25) is 0 Å². The molecule has 9 aromatic carbocycles. The van der Waals surface area contributed by atoms with Gasteiger partial charge in [-0.25, -0.2) is 0 Å². The Labute approximate surface area is 305 Å². The number of nitrogens with zero attached hydrogens (tertiary/aromatic N) is 1. The van der Waals surface area contributed by atoms with Crippen LogP contribution in [0.5, 0.6) is 0 Å². The summed E-state index contributed by atoms with van der Waals surface area (Å²) < 4.78 is 0. The number of hydrogen-bond acceptors (Lipinski definition) is 1. The summed E-state index contributed by atoms with van der Waals surface area (Å²) in [5.74, 6) is 0. The first-order chi connectivity index (χ1) is 25.8. The van der Waals surface area contributed by atoms with Crippen LogP contribution < -0.4 is 4.90 Å². The summed E-state index contributed by atoms with van der Waals surface area (Å²) in [4.78, 5) is 2.32. The van der Waals surface area contributed by atoms with Crippen molar-refractivity contribution in [1.29, 1.82) is 0 Å². The predicted octanol–water partition coefficient (Wildman–Crippen LogP) is 13.5. The van der Waals surface area contributed by atoms with Gasteiger partial charge < -0.3 is 4.90 Å². The maximum absolute atomic E-state index is 2.35. The Hall–Kier alpha value is -6.70. The Morgan fingerprint density at radius 1 is 0.269 bits per heavy atom. The van der Waals surface area contributed by atoms with Gasteiger partial charge in [0.1, 0.15) is 0 Å². The van der Waals surface area contributed by atoms with Crippen LogP contribution in [-0.2, 0) is 5.41 Å². The average molecular weight is 664 g/mol. The highest BCUT2D eigenvalue weighted by molar-refractivity contribution is 6.08. The number of anilines is 3. The molecule has 9 rings (SSSR count). The highest BCUT2D eigenvalue weighted by Gasteiger charge is 2.38. The summed E-state index contributed by atoms with van der Waals surface area (Å²) in [5.41, 5.74) is 10.1. The fourth-order valence-electron chi connectivity index (χ4n) is 7.93. The van der Waals surface area contributed by atoms with Crippen molar-refractivity contribution in [2.45, 2.75) is 5.41 Å². The molecule has 246 valence electrons. The Balaban J connectivity index is 1.20. The van der Waals surface area contributed by atoms with Crippen LogP contribution in [0.25, 0.3) is 32.7 Å². The second-order valence-corrected chi connectivity index (χ2v) is 13.3. The first-order valence-electron chi connectivity index (χ1n) is 17.9. The van der Waals surface area contributed by atoms with Crippen LogP contribution in [0.15, 0.2) is 224 Å². The molecule has 0 spiro atoms. The Morgan fingerprint density at radius 2 is 0.654 bits per heavy atom. The number of fused-ring (bicyclic) bond motifs is 3. The van der Waals surface area contributed by atoms with Crippen molar-refractivity contribution in [3.63, 3.8) is 0 Å². The van der Waals surface area contributed by atoms with Crippen LogP contribution in [0.3, 0.4) is 0 Å². The molecule has 0 bridgehead atoms. The summed E-state index contributed by atoms with van der Waals surface area (Å²) in [6, 6.07) is 81.4. The molecule has 0 fully saturated rings. The molecule has 0 saturated carbocycles. The average Bonchev–Trinajstić information content (AvgIpc) is 3.23. The van der Waals surface area contributed by atoms with Gasteiger partial charge in [-0.15, -0.1) is 0 Å². The summed E-state index contributed by atoms with van der Waals surface area (Å²) in [5, 5.41) is 5.09. The van der Waals surface area contributed by atoms with E-state index in [4.69, 9.17) is 0 Å². The number of hydrogen-bond donors (Lipinski definition) is 0. The highest BCUT2D eigenvalue weighted by Crippen LogP contribution is 2.46. The molecular weight excluding hydrogens is 627 g/mol. The second kappa shape index (κ2) is 13.5. The van der Waals surface area contributed by atoms with E-state index in [0.717, 1.165) is 17.1 Å². The predicted molar refractivity (Wildman–Crippen MR) is 220 cm³/mol. The Bertz CT molecular complexity index is 2500. The van der Waals surface area contributed by atoms with Crippen molar-refractivity contribution >= 4 is 38.6 Å². The van der Waals surface area contributed by atoms with E-state index >= 15 is 0 Å². The molecule has 0 heterocycles. The monoisotopic (exact) mass is 663 g/mol. The van der Waals surface area contributed by atoms with Crippen molar-refractivity contribution < 1.29 is 0 Å². The van der Waals surface area contributed by atoms with Gasteiger partial charge in [-0.2, -0.15) is 0 Å². The first-order valence-corrected chi connectivity index (χ1v) is 17.9. The summed E-state index contributed by atoms with van der Waals surface area (Å²) >= 11 is 0. The zero-order chi connectivity index (χ0) is 34.7. The summed E-state index contributed by atoms with van der Waals surface area (Å²) in [7, 11) is 0. The van der Waals surface area contributed by atoms with E-state index < -0.39 is 5.41 Å². The largest absolute Gasteiger partial charge is 0.311 e. The van der Waals surface area contributed by atoms with Crippen LogP contribution in [0.4, 0.5) is 17.1 Å². The fourth-order valence-corrected chi connectivity index (χ4v) is 7.93. The lowest BCUT2D eigenvalue weighted by atomic mass is 9.65. The van der Waals surface area contributed by atoms with E-state index in [9.17, 15) is 0 Å². The van der Waals surface area contributed by atoms with Gasteiger partial charge in [0.2, 0.25) is 0 Å². The molecule has 52 heavy (non-hydrogen) atoms. The molecule has 0 aliphatic rings. The van der Waals surface area contributed by atoms with Crippen LogP contribution in [0, 0.1) is 0 Å². The van der Waals surface area contributed by atoms with Gasteiger partial charge in [-0.3, -0.25) is 0 Å². The van der Waals surface area contributed by atoms with Crippen molar-refractivity contribution in [3.8, 4) is 11.1 Å². The van der Waals surface area contributed by atoms with E-state index in [1.807, 2.05) is 0 Å². The zero-order valence-corrected chi connectivity index (χ0v) is 28.8. The topological polar surface area (TPSA) is 3.24 Å². The van der Waals surface area contributed by atoms with Crippen molar-refractivity contribution in [3.05, 3.63) is 247 Å². The molecule has 1 heteroatoms. The SMILES string of the molecule is c1ccc(N(c2ccccc2)c2ccc(C(c3ccccc3)(c3ccccc3)c3ccc(-c4ccc5ccc6ccccc6c5c4)cc3)cc2)cc1. The molecule has 0 aliphatic heterocycles. The quantitative estimate of drug-likeness (QED) is 0.116. The third kappa shape index (κ3) is 5.54. The van der Waals surface area contributed by atoms with Gasteiger partial charge >= 0.3 is 0 Å². The lowest BCUT2D eigenvalue weighted by molar-refractivity contribution is 0.745. The summed E-state index contributed by atoms with van der Waals surface area (Å²) in [6.45, 7) is 0. The molecule has 9 aromatic rings. The molecule has 0 radical (unpaired) electrons.